The standard InChI is InChI=1S/C12H11NO5/c1-13-10(11(14)15)9(12(16)18-13)7-4-3-5-8(6-7)17-2/h3-6H,1-2H3,(H,14,15). The number of aryl methyl sites for hydroxylation is 1. The summed E-state index contributed by atoms with van der Waals surface area (Å²) in [6.07, 6.45) is 0. The third-order valence-electron chi connectivity index (χ3n) is 2.54. The van der Waals surface area contributed by atoms with Crippen LogP contribution in [0.3, 0.4) is 0 Å². The van der Waals surface area contributed by atoms with E-state index in [0.29, 0.717) is 11.3 Å². The first-order chi connectivity index (χ1) is 8.54. The van der Waals surface area contributed by atoms with E-state index in [2.05, 4.69) is 0 Å². The minimum absolute atomic E-state index is 0.0175. The fourth-order valence-corrected chi connectivity index (χ4v) is 1.74. The van der Waals surface area contributed by atoms with Crippen molar-refractivity contribution in [1.29, 1.82) is 0 Å². The zero-order valence-corrected chi connectivity index (χ0v) is 9.84. The van der Waals surface area contributed by atoms with E-state index in [9.17, 15) is 9.59 Å². The van der Waals surface area contributed by atoms with E-state index in [1.807, 2.05) is 0 Å². The molecule has 0 saturated heterocycles. The van der Waals surface area contributed by atoms with Crippen LogP contribution in [-0.4, -0.2) is 22.9 Å². The first-order valence-electron chi connectivity index (χ1n) is 5.12. The predicted molar refractivity (Wildman–Crippen MR) is 62.9 cm³/mol. The van der Waals surface area contributed by atoms with Gasteiger partial charge in [-0.1, -0.05) is 12.1 Å². The molecule has 0 unspecified atom stereocenters. The van der Waals surface area contributed by atoms with Gasteiger partial charge in [-0.15, -0.1) is 0 Å². The fourth-order valence-electron chi connectivity index (χ4n) is 1.74. The molecule has 0 spiro atoms. The molecule has 0 aliphatic heterocycles. The fraction of sp³-hybridized carbons (Fsp3) is 0.167. The van der Waals surface area contributed by atoms with Gasteiger partial charge in [0, 0.05) is 7.05 Å². The first kappa shape index (κ1) is 12.0. The molecule has 2 rings (SSSR count). The lowest BCUT2D eigenvalue weighted by molar-refractivity contribution is 0.0673. The summed E-state index contributed by atoms with van der Waals surface area (Å²) in [5.41, 5.74) is -0.415. The molecule has 6 heteroatoms. The molecular weight excluding hydrogens is 238 g/mol. The number of nitrogens with zero attached hydrogens (tertiary/aromatic N) is 1. The second-order valence-electron chi connectivity index (χ2n) is 3.64. The molecule has 0 radical (unpaired) electrons. The molecule has 1 aromatic carbocycles. The summed E-state index contributed by atoms with van der Waals surface area (Å²) in [5.74, 6) is -0.687. The molecule has 0 amide bonds. The van der Waals surface area contributed by atoms with Crippen LogP contribution in [0.4, 0.5) is 0 Å². The van der Waals surface area contributed by atoms with Gasteiger partial charge in [0.1, 0.15) is 11.3 Å². The van der Waals surface area contributed by atoms with Crippen LogP contribution in [0.25, 0.3) is 11.1 Å². The van der Waals surface area contributed by atoms with Crippen LogP contribution in [0.2, 0.25) is 0 Å². The van der Waals surface area contributed by atoms with Crippen molar-refractivity contribution in [2.45, 2.75) is 0 Å². The molecular formula is C12H11NO5. The average molecular weight is 249 g/mol. The molecule has 0 aliphatic carbocycles. The number of aromatic carboxylic acids is 1. The smallest absolute Gasteiger partial charge is 0.366 e. The molecule has 2 aromatic rings. The van der Waals surface area contributed by atoms with Crippen LogP contribution in [0, 0.1) is 0 Å². The topological polar surface area (TPSA) is 81.7 Å². The van der Waals surface area contributed by atoms with E-state index in [0.717, 1.165) is 4.74 Å². The molecule has 0 aliphatic rings. The maximum absolute atomic E-state index is 11.7. The molecule has 0 atom stereocenters. The highest BCUT2D eigenvalue weighted by Gasteiger charge is 2.22. The van der Waals surface area contributed by atoms with Gasteiger partial charge in [-0.3, -0.25) is 0 Å². The van der Waals surface area contributed by atoms with Gasteiger partial charge in [0.25, 0.3) is 0 Å². The zero-order chi connectivity index (χ0) is 13.3. The minimum Gasteiger partial charge on any atom is -0.497 e. The van der Waals surface area contributed by atoms with Gasteiger partial charge in [-0.2, -0.15) is 0 Å². The SMILES string of the molecule is COc1cccc(-c2c(C(=O)O)n(C)oc2=O)c1. The highest BCUT2D eigenvalue weighted by Crippen LogP contribution is 2.24. The summed E-state index contributed by atoms with van der Waals surface area (Å²) in [6.45, 7) is 0. The van der Waals surface area contributed by atoms with Crippen molar-refractivity contribution in [1.82, 2.24) is 4.74 Å². The van der Waals surface area contributed by atoms with Crippen molar-refractivity contribution in [2.75, 3.05) is 7.11 Å². The average Bonchev–Trinajstić information content (AvgIpc) is 2.64. The van der Waals surface area contributed by atoms with Crippen LogP contribution < -0.4 is 10.4 Å². The van der Waals surface area contributed by atoms with Gasteiger partial charge in [0.05, 0.1) is 7.11 Å². The van der Waals surface area contributed by atoms with Crippen LogP contribution in [0.5, 0.6) is 5.75 Å². The molecule has 0 fully saturated rings. The lowest BCUT2D eigenvalue weighted by atomic mass is 10.1. The van der Waals surface area contributed by atoms with Gasteiger partial charge in [0.2, 0.25) is 0 Å². The highest BCUT2D eigenvalue weighted by atomic mass is 16.5. The Kier molecular flexibility index (Phi) is 2.93. The number of benzene rings is 1. The Morgan fingerprint density at radius 1 is 1.44 bits per heavy atom. The monoisotopic (exact) mass is 249 g/mol. The molecule has 6 nitrogen and oxygen atoms in total. The number of carbonyl (C=O) groups is 1. The summed E-state index contributed by atoms with van der Waals surface area (Å²) in [7, 11) is 2.86. The number of rotatable bonds is 3. The van der Waals surface area contributed by atoms with Crippen molar-refractivity contribution >= 4 is 5.97 Å². The van der Waals surface area contributed by atoms with Crippen molar-refractivity contribution in [3.8, 4) is 16.9 Å². The Balaban J connectivity index is 2.70. The summed E-state index contributed by atoms with van der Waals surface area (Å²) >= 11 is 0. The predicted octanol–water partition coefficient (Wildman–Crippen LogP) is 1.35. The van der Waals surface area contributed by atoms with Crippen LogP contribution >= 0.6 is 0 Å². The maximum atomic E-state index is 11.7. The van der Waals surface area contributed by atoms with Crippen molar-refractivity contribution in [2.24, 2.45) is 7.05 Å². The Morgan fingerprint density at radius 3 is 2.78 bits per heavy atom. The van der Waals surface area contributed by atoms with E-state index < -0.39 is 11.6 Å². The number of carboxylic acid groups (broad SMARTS) is 1. The van der Waals surface area contributed by atoms with Crippen molar-refractivity contribution < 1.29 is 19.2 Å². The normalized spacial score (nSPS) is 10.3. The summed E-state index contributed by atoms with van der Waals surface area (Å²) in [4.78, 5) is 22.8. The Hall–Kier alpha value is -2.50. The summed E-state index contributed by atoms with van der Waals surface area (Å²) < 4.78 is 10.8. The molecule has 1 heterocycles. The maximum Gasteiger partial charge on any atom is 0.366 e. The summed E-state index contributed by atoms with van der Waals surface area (Å²) in [5, 5.41) is 9.10. The van der Waals surface area contributed by atoms with E-state index in [-0.39, 0.29) is 11.3 Å². The van der Waals surface area contributed by atoms with Gasteiger partial charge < -0.3 is 14.4 Å². The summed E-state index contributed by atoms with van der Waals surface area (Å²) in [6, 6.07) is 6.58. The van der Waals surface area contributed by atoms with Crippen LogP contribution in [0.1, 0.15) is 10.5 Å². The number of ether oxygens (including phenoxy) is 1. The molecule has 1 N–H and O–H groups in total. The quantitative estimate of drug-likeness (QED) is 0.887. The Labute approximate surface area is 102 Å². The van der Waals surface area contributed by atoms with Crippen LogP contribution in [-0.2, 0) is 7.05 Å². The second kappa shape index (κ2) is 4.40. The van der Waals surface area contributed by atoms with Gasteiger partial charge >= 0.3 is 11.6 Å². The number of hydrogen-bond donors (Lipinski definition) is 1. The van der Waals surface area contributed by atoms with Gasteiger partial charge in [-0.05, 0) is 17.7 Å². The van der Waals surface area contributed by atoms with Crippen LogP contribution in [0.15, 0.2) is 33.6 Å². The van der Waals surface area contributed by atoms with E-state index in [4.69, 9.17) is 14.4 Å². The minimum atomic E-state index is -1.22. The van der Waals surface area contributed by atoms with Gasteiger partial charge in [0.15, 0.2) is 5.69 Å². The highest BCUT2D eigenvalue weighted by molar-refractivity contribution is 5.93. The van der Waals surface area contributed by atoms with E-state index >= 15 is 0 Å². The third kappa shape index (κ3) is 1.88. The van der Waals surface area contributed by atoms with Crippen molar-refractivity contribution in [3.63, 3.8) is 0 Å². The largest absolute Gasteiger partial charge is 0.497 e. The number of carboxylic acids is 1. The molecule has 0 saturated carbocycles. The molecule has 1 aromatic heterocycles. The number of aromatic nitrogens is 1. The lowest BCUT2D eigenvalue weighted by Gasteiger charge is -2.02. The molecule has 0 bridgehead atoms. The Morgan fingerprint density at radius 2 is 2.17 bits per heavy atom. The number of methoxy groups -OCH3 is 1. The lowest BCUT2D eigenvalue weighted by Crippen LogP contribution is -2.06. The zero-order valence-electron chi connectivity index (χ0n) is 9.84. The molecule has 94 valence electrons. The first-order valence-corrected chi connectivity index (χ1v) is 5.12. The van der Waals surface area contributed by atoms with Gasteiger partial charge in [-0.25, -0.2) is 14.3 Å². The number of hydrogen-bond acceptors (Lipinski definition) is 4. The molecule has 18 heavy (non-hydrogen) atoms. The third-order valence-corrected chi connectivity index (χ3v) is 2.54. The van der Waals surface area contributed by atoms with E-state index in [1.165, 1.54) is 14.2 Å². The second-order valence-corrected chi connectivity index (χ2v) is 3.64. The Bertz CT molecular complexity index is 653. The van der Waals surface area contributed by atoms with Crippen molar-refractivity contribution in [3.05, 3.63) is 40.4 Å². The van der Waals surface area contributed by atoms with E-state index in [1.54, 1.807) is 24.3 Å².